The first-order chi connectivity index (χ1) is 7.44. The molecule has 1 aliphatic rings. The van der Waals surface area contributed by atoms with Gasteiger partial charge in [-0.1, -0.05) is 5.16 Å². The number of hydrogen-bond acceptors (Lipinski definition) is 4. The molecule has 0 aromatic rings. The minimum Gasteiger partial charge on any atom is -0.409 e. The van der Waals surface area contributed by atoms with Crippen molar-refractivity contribution in [3.05, 3.63) is 0 Å². The summed E-state index contributed by atoms with van der Waals surface area (Å²) in [6, 6.07) is 0. The minimum absolute atomic E-state index is 0.0363. The Labute approximate surface area is 95.7 Å². The van der Waals surface area contributed by atoms with Gasteiger partial charge in [-0.15, -0.1) is 0 Å². The van der Waals surface area contributed by atoms with E-state index in [9.17, 15) is 4.79 Å². The van der Waals surface area contributed by atoms with Crippen LogP contribution in [0, 0.1) is 5.41 Å². The molecule has 16 heavy (non-hydrogen) atoms. The predicted molar refractivity (Wildman–Crippen MR) is 61.3 cm³/mol. The number of nitrogens with two attached hydrogens (primary N) is 1. The molecule has 0 spiro atoms. The third-order valence-electron chi connectivity index (χ3n) is 2.99. The van der Waals surface area contributed by atoms with E-state index >= 15 is 0 Å². The Morgan fingerprint density at radius 3 is 2.31 bits per heavy atom. The number of likely N-dealkylation sites (N-methyl/N-ethyl adjacent to an activating group) is 2. The zero-order valence-corrected chi connectivity index (χ0v) is 10.1. The molecule has 0 heterocycles. The predicted octanol–water partition coefficient (Wildman–Crippen LogP) is -0.467. The van der Waals surface area contributed by atoms with Crippen molar-refractivity contribution >= 4 is 11.7 Å². The second kappa shape index (κ2) is 4.69. The number of nitrogens with zero attached hydrogens (tertiary/aromatic N) is 3. The maximum atomic E-state index is 12.1. The maximum absolute atomic E-state index is 12.1. The zero-order chi connectivity index (χ0) is 12.3. The van der Waals surface area contributed by atoms with Crippen LogP contribution < -0.4 is 5.73 Å². The Bertz CT molecular complexity index is 297. The molecule has 92 valence electrons. The van der Waals surface area contributed by atoms with E-state index in [2.05, 4.69) is 5.16 Å². The molecule has 1 rings (SSSR count). The number of carbonyl (C=O) groups is 1. The fraction of sp³-hybridized carbons (Fsp3) is 0.800. The van der Waals surface area contributed by atoms with Crippen molar-refractivity contribution in [1.82, 2.24) is 9.80 Å². The van der Waals surface area contributed by atoms with Gasteiger partial charge in [-0.3, -0.25) is 4.79 Å². The first kappa shape index (κ1) is 12.8. The molecule has 6 heteroatoms. The van der Waals surface area contributed by atoms with Crippen molar-refractivity contribution < 1.29 is 10.0 Å². The SMILES string of the molecule is CN(C)CCN(C)C(=O)C1(C(N)=NO)CC1. The van der Waals surface area contributed by atoms with Gasteiger partial charge in [-0.05, 0) is 26.9 Å². The average molecular weight is 228 g/mol. The Morgan fingerprint density at radius 2 is 1.94 bits per heavy atom. The minimum atomic E-state index is -0.726. The molecule has 0 unspecified atom stereocenters. The van der Waals surface area contributed by atoms with Crippen molar-refractivity contribution in [3.63, 3.8) is 0 Å². The standard InChI is InChI=1S/C10H20N4O2/c1-13(2)6-7-14(3)9(15)10(4-5-10)8(11)12-16/h16H,4-7H2,1-3H3,(H2,11,12). The quantitative estimate of drug-likeness (QED) is 0.288. The summed E-state index contributed by atoms with van der Waals surface area (Å²) in [5, 5.41) is 11.6. The highest BCUT2D eigenvalue weighted by atomic mass is 16.4. The second-order valence-corrected chi connectivity index (χ2v) is 4.60. The molecule has 3 N–H and O–H groups in total. The van der Waals surface area contributed by atoms with E-state index < -0.39 is 5.41 Å². The summed E-state index contributed by atoms with van der Waals surface area (Å²) in [5.41, 5.74) is 4.82. The van der Waals surface area contributed by atoms with Crippen molar-refractivity contribution in [3.8, 4) is 0 Å². The summed E-state index contributed by atoms with van der Waals surface area (Å²) in [7, 11) is 5.65. The van der Waals surface area contributed by atoms with Crippen LogP contribution in [0.3, 0.4) is 0 Å². The van der Waals surface area contributed by atoms with Crippen molar-refractivity contribution in [2.75, 3.05) is 34.2 Å². The van der Waals surface area contributed by atoms with Crippen molar-refractivity contribution in [1.29, 1.82) is 0 Å². The van der Waals surface area contributed by atoms with Crippen LogP contribution in [-0.4, -0.2) is 61.0 Å². The highest BCUT2D eigenvalue weighted by Gasteiger charge is 2.55. The van der Waals surface area contributed by atoms with E-state index in [0.29, 0.717) is 19.4 Å². The Balaban J connectivity index is 2.58. The normalized spacial score (nSPS) is 18.6. The van der Waals surface area contributed by atoms with Crippen LogP contribution in [-0.2, 0) is 4.79 Å². The highest BCUT2D eigenvalue weighted by molar-refractivity contribution is 6.09. The lowest BCUT2D eigenvalue weighted by molar-refractivity contribution is -0.133. The first-order valence-corrected chi connectivity index (χ1v) is 5.32. The number of hydrogen-bond donors (Lipinski definition) is 2. The van der Waals surface area contributed by atoms with Gasteiger partial charge in [0.1, 0.15) is 5.41 Å². The van der Waals surface area contributed by atoms with Crippen LogP contribution >= 0.6 is 0 Å². The van der Waals surface area contributed by atoms with Crippen molar-refractivity contribution in [2.45, 2.75) is 12.8 Å². The zero-order valence-electron chi connectivity index (χ0n) is 10.1. The number of oxime groups is 1. The van der Waals surface area contributed by atoms with Gasteiger partial charge in [0.15, 0.2) is 5.84 Å². The highest BCUT2D eigenvalue weighted by Crippen LogP contribution is 2.47. The third kappa shape index (κ3) is 2.44. The maximum Gasteiger partial charge on any atom is 0.236 e. The topological polar surface area (TPSA) is 82.2 Å². The molecular formula is C10H20N4O2. The largest absolute Gasteiger partial charge is 0.409 e. The monoisotopic (exact) mass is 228 g/mol. The fourth-order valence-electron chi connectivity index (χ4n) is 1.62. The van der Waals surface area contributed by atoms with E-state index in [0.717, 1.165) is 6.54 Å². The summed E-state index contributed by atoms with van der Waals surface area (Å²) >= 11 is 0. The van der Waals surface area contributed by atoms with Crippen LogP contribution in [0.2, 0.25) is 0 Å². The van der Waals surface area contributed by atoms with Crippen LogP contribution in [0.5, 0.6) is 0 Å². The molecule has 0 radical (unpaired) electrons. The van der Waals surface area contributed by atoms with Gasteiger partial charge in [0.2, 0.25) is 5.91 Å². The summed E-state index contributed by atoms with van der Waals surface area (Å²) in [6.07, 6.45) is 1.35. The molecule has 6 nitrogen and oxygen atoms in total. The number of amides is 1. The molecule has 1 saturated carbocycles. The molecule has 0 atom stereocenters. The Morgan fingerprint density at radius 1 is 1.38 bits per heavy atom. The summed E-state index contributed by atoms with van der Waals surface area (Å²) < 4.78 is 0. The molecule has 1 fully saturated rings. The molecule has 0 bridgehead atoms. The lowest BCUT2D eigenvalue weighted by atomic mass is 10.0. The number of amidine groups is 1. The van der Waals surface area contributed by atoms with Crippen LogP contribution in [0.15, 0.2) is 5.16 Å². The lowest BCUT2D eigenvalue weighted by Gasteiger charge is -2.24. The van der Waals surface area contributed by atoms with Gasteiger partial charge in [0.05, 0.1) is 0 Å². The molecule has 1 amide bonds. The van der Waals surface area contributed by atoms with Gasteiger partial charge in [0.25, 0.3) is 0 Å². The summed E-state index contributed by atoms with van der Waals surface area (Å²) in [6.45, 7) is 1.45. The Hall–Kier alpha value is -1.30. The average Bonchev–Trinajstić information content (AvgIpc) is 3.04. The molecule has 0 aliphatic heterocycles. The summed E-state index contributed by atoms with van der Waals surface area (Å²) in [4.78, 5) is 15.7. The van der Waals surface area contributed by atoms with E-state index in [1.807, 2.05) is 19.0 Å². The number of rotatable bonds is 5. The molecule has 0 aromatic carbocycles. The number of carbonyl (C=O) groups excluding carboxylic acids is 1. The Kier molecular flexibility index (Phi) is 3.74. The molecule has 0 saturated heterocycles. The third-order valence-corrected chi connectivity index (χ3v) is 2.99. The smallest absolute Gasteiger partial charge is 0.236 e. The summed E-state index contributed by atoms with van der Waals surface area (Å²) in [5.74, 6) is -0.0150. The van der Waals surface area contributed by atoms with E-state index in [-0.39, 0.29) is 11.7 Å². The van der Waals surface area contributed by atoms with Gasteiger partial charge in [0, 0.05) is 20.1 Å². The fourth-order valence-corrected chi connectivity index (χ4v) is 1.62. The molecular weight excluding hydrogens is 208 g/mol. The molecule has 0 aromatic heterocycles. The second-order valence-electron chi connectivity index (χ2n) is 4.60. The van der Waals surface area contributed by atoms with Gasteiger partial charge in [-0.25, -0.2) is 0 Å². The van der Waals surface area contributed by atoms with Crippen molar-refractivity contribution in [2.24, 2.45) is 16.3 Å². The van der Waals surface area contributed by atoms with Crippen LogP contribution in [0.4, 0.5) is 0 Å². The first-order valence-electron chi connectivity index (χ1n) is 5.32. The van der Waals surface area contributed by atoms with Gasteiger partial charge < -0.3 is 20.7 Å². The van der Waals surface area contributed by atoms with Gasteiger partial charge in [-0.2, -0.15) is 0 Å². The van der Waals surface area contributed by atoms with Gasteiger partial charge >= 0.3 is 0 Å². The van der Waals surface area contributed by atoms with E-state index in [4.69, 9.17) is 10.9 Å². The lowest BCUT2D eigenvalue weighted by Crippen LogP contribution is -2.43. The molecule has 1 aliphatic carbocycles. The van der Waals surface area contributed by atoms with Crippen LogP contribution in [0.25, 0.3) is 0 Å². The van der Waals surface area contributed by atoms with Crippen LogP contribution in [0.1, 0.15) is 12.8 Å². The van der Waals surface area contributed by atoms with E-state index in [1.165, 1.54) is 0 Å². The van der Waals surface area contributed by atoms with E-state index in [1.54, 1.807) is 11.9 Å².